The molecule has 1 unspecified atom stereocenters. The van der Waals surface area contributed by atoms with Gasteiger partial charge in [-0.2, -0.15) is 0 Å². The number of aromatic nitrogens is 1. The van der Waals surface area contributed by atoms with Crippen LogP contribution in [0, 0.1) is 6.92 Å². The fourth-order valence-electron chi connectivity index (χ4n) is 3.15. The van der Waals surface area contributed by atoms with E-state index < -0.39 is 0 Å². The topological polar surface area (TPSA) is 51.0 Å². The lowest BCUT2D eigenvalue weighted by Crippen LogP contribution is -2.15. The predicted octanol–water partition coefficient (Wildman–Crippen LogP) is 4.16. The molecule has 0 bridgehead atoms. The maximum atomic E-state index is 6.07. The average Bonchev–Trinajstić information content (AvgIpc) is 2.98. The number of para-hydroxylation sites is 1. The first-order valence-corrected chi connectivity index (χ1v) is 8.21. The predicted molar refractivity (Wildman–Crippen MR) is 96.1 cm³/mol. The number of fused-ring (bicyclic) bond motifs is 1. The number of benzene rings is 2. The van der Waals surface area contributed by atoms with Gasteiger partial charge in [0.25, 0.3) is 0 Å². The molecule has 1 heterocycles. The highest BCUT2D eigenvalue weighted by Gasteiger charge is 2.14. The van der Waals surface area contributed by atoms with Crippen molar-refractivity contribution in [2.45, 2.75) is 26.2 Å². The lowest BCUT2D eigenvalue weighted by Gasteiger charge is -2.17. The summed E-state index contributed by atoms with van der Waals surface area (Å²) in [6.45, 7) is 5.42. The van der Waals surface area contributed by atoms with Crippen LogP contribution in [-0.2, 0) is 6.42 Å². The Bertz CT molecular complexity index is 791. The van der Waals surface area contributed by atoms with Gasteiger partial charge in [-0.1, -0.05) is 30.3 Å². The normalized spacial score (nSPS) is 12.5. The maximum absolute atomic E-state index is 6.07. The molecular formula is C20H24N2O. The first-order chi connectivity index (χ1) is 11.2. The molecule has 0 saturated heterocycles. The molecule has 2 aromatic carbocycles. The Labute approximate surface area is 137 Å². The Hall–Kier alpha value is -2.26. The Morgan fingerprint density at radius 2 is 2.00 bits per heavy atom. The molecule has 3 nitrogen and oxygen atoms in total. The zero-order chi connectivity index (χ0) is 16.2. The monoisotopic (exact) mass is 308 g/mol. The molecule has 0 aliphatic carbocycles. The van der Waals surface area contributed by atoms with Gasteiger partial charge in [0.2, 0.25) is 0 Å². The van der Waals surface area contributed by atoms with Crippen LogP contribution < -0.4 is 10.5 Å². The van der Waals surface area contributed by atoms with E-state index in [0.29, 0.717) is 19.1 Å². The van der Waals surface area contributed by atoms with Crippen molar-refractivity contribution >= 4 is 10.9 Å². The third kappa shape index (κ3) is 3.25. The molecule has 1 atom stereocenters. The number of ether oxygens (including phenoxy) is 1. The van der Waals surface area contributed by atoms with E-state index >= 15 is 0 Å². The number of nitrogens with two attached hydrogens (primary N) is 1. The number of H-pyrrole nitrogens is 1. The lowest BCUT2D eigenvalue weighted by molar-refractivity contribution is 0.337. The van der Waals surface area contributed by atoms with E-state index in [1.165, 1.54) is 27.6 Å². The summed E-state index contributed by atoms with van der Waals surface area (Å²) < 4.78 is 5.63. The van der Waals surface area contributed by atoms with Gasteiger partial charge < -0.3 is 15.5 Å². The van der Waals surface area contributed by atoms with Gasteiger partial charge >= 0.3 is 0 Å². The minimum absolute atomic E-state index is 0.309. The maximum Gasteiger partial charge on any atom is 0.122 e. The van der Waals surface area contributed by atoms with Gasteiger partial charge in [-0.25, -0.2) is 0 Å². The molecule has 0 fully saturated rings. The lowest BCUT2D eigenvalue weighted by atomic mass is 9.91. The number of hydrogen-bond acceptors (Lipinski definition) is 2. The highest BCUT2D eigenvalue weighted by Crippen LogP contribution is 2.28. The Balaban J connectivity index is 1.86. The van der Waals surface area contributed by atoms with Crippen LogP contribution in [0.3, 0.4) is 0 Å². The van der Waals surface area contributed by atoms with Crippen LogP contribution >= 0.6 is 0 Å². The summed E-state index contributed by atoms with van der Waals surface area (Å²) in [6, 6.07) is 14.8. The minimum atomic E-state index is 0.309. The van der Waals surface area contributed by atoms with Crippen molar-refractivity contribution in [3.63, 3.8) is 0 Å². The van der Waals surface area contributed by atoms with Crippen molar-refractivity contribution in [3.8, 4) is 5.75 Å². The first kappa shape index (κ1) is 15.6. The second kappa shape index (κ2) is 6.88. The third-order valence-electron chi connectivity index (χ3n) is 4.40. The fraction of sp³-hybridized carbons (Fsp3) is 0.300. The smallest absolute Gasteiger partial charge is 0.122 e. The summed E-state index contributed by atoms with van der Waals surface area (Å²) in [4.78, 5) is 3.35. The van der Waals surface area contributed by atoms with Crippen LogP contribution in [0.4, 0.5) is 0 Å². The van der Waals surface area contributed by atoms with E-state index in [0.717, 1.165) is 12.2 Å². The summed E-state index contributed by atoms with van der Waals surface area (Å²) in [5, 5.41) is 1.29. The fourth-order valence-corrected chi connectivity index (χ4v) is 3.15. The largest absolute Gasteiger partial charge is 0.494 e. The third-order valence-corrected chi connectivity index (χ3v) is 4.40. The highest BCUT2D eigenvalue weighted by molar-refractivity contribution is 5.83. The molecule has 0 saturated carbocycles. The van der Waals surface area contributed by atoms with Gasteiger partial charge in [-0.15, -0.1) is 0 Å². The van der Waals surface area contributed by atoms with Gasteiger partial charge in [0, 0.05) is 23.0 Å². The van der Waals surface area contributed by atoms with Crippen molar-refractivity contribution in [2.24, 2.45) is 5.73 Å². The molecule has 120 valence electrons. The van der Waals surface area contributed by atoms with Gasteiger partial charge in [0.1, 0.15) is 5.75 Å². The number of hydrogen-bond donors (Lipinski definition) is 2. The molecule has 0 aliphatic heterocycles. The van der Waals surface area contributed by atoms with Crippen molar-refractivity contribution in [2.75, 3.05) is 13.2 Å². The van der Waals surface area contributed by atoms with E-state index in [2.05, 4.69) is 60.6 Å². The molecule has 3 N–H and O–H groups in total. The Morgan fingerprint density at radius 1 is 1.17 bits per heavy atom. The van der Waals surface area contributed by atoms with Crippen LogP contribution in [0.25, 0.3) is 10.9 Å². The van der Waals surface area contributed by atoms with E-state index in [1.54, 1.807) is 0 Å². The van der Waals surface area contributed by atoms with E-state index in [4.69, 9.17) is 10.5 Å². The molecular weight excluding hydrogens is 284 g/mol. The number of rotatable bonds is 6. The second-order valence-corrected chi connectivity index (χ2v) is 5.95. The first-order valence-electron chi connectivity index (χ1n) is 8.21. The zero-order valence-electron chi connectivity index (χ0n) is 13.8. The van der Waals surface area contributed by atoms with Crippen LogP contribution in [0.5, 0.6) is 5.75 Å². The molecule has 3 heteroatoms. The van der Waals surface area contributed by atoms with Gasteiger partial charge in [0.15, 0.2) is 0 Å². The van der Waals surface area contributed by atoms with Gasteiger partial charge in [-0.3, -0.25) is 0 Å². The summed E-state index contributed by atoms with van der Waals surface area (Å²) in [5.41, 5.74) is 11.0. The van der Waals surface area contributed by atoms with Crippen LogP contribution in [0.2, 0.25) is 0 Å². The molecule has 3 aromatic rings. The summed E-state index contributed by atoms with van der Waals surface area (Å²) >= 11 is 0. The SMILES string of the molecule is CCOc1ccc(C(CN)Cc2c[nH]c3ccccc23)cc1C. The quantitative estimate of drug-likeness (QED) is 0.718. The molecule has 0 radical (unpaired) electrons. The standard InChI is InChI=1S/C20H24N2O/c1-3-23-20-9-8-15(10-14(20)2)16(12-21)11-17-13-22-19-7-5-4-6-18(17)19/h4-10,13,16,22H,3,11-12,21H2,1-2H3. The number of nitrogens with one attached hydrogen (secondary N) is 1. The van der Waals surface area contributed by atoms with Crippen molar-refractivity contribution in [3.05, 3.63) is 65.4 Å². The Morgan fingerprint density at radius 3 is 2.74 bits per heavy atom. The molecule has 23 heavy (non-hydrogen) atoms. The highest BCUT2D eigenvalue weighted by atomic mass is 16.5. The van der Waals surface area contributed by atoms with Gasteiger partial charge in [0.05, 0.1) is 6.61 Å². The van der Waals surface area contributed by atoms with E-state index in [-0.39, 0.29) is 0 Å². The van der Waals surface area contributed by atoms with Crippen molar-refractivity contribution in [1.29, 1.82) is 0 Å². The average molecular weight is 308 g/mol. The molecule has 3 rings (SSSR count). The summed E-state index contributed by atoms with van der Waals surface area (Å²) in [6.07, 6.45) is 3.04. The van der Waals surface area contributed by atoms with E-state index in [9.17, 15) is 0 Å². The summed E-state index contributed by atoms with van der Waals surface area (Å²) in [5.74, 6) is 1.27. The van der Waals surface area contributed by atoms with Crippen molar-refractivity contribution in [1.82, 2.24) is 4.98 Å². The summed E-state index contributed by atoms with van der Waals surface area (Å²) in [7, 11) is 0. The molecule has 1 aromatic heterocycles. The van der Waals surface area contributed by atoms with Crippen LogP contribution in [-0.4, -0.2) is 18.1 Å². The van der Waals surface area contributed by atoms with E-state index in [1.807, 2.05) is 6.92 Å². The zero-order valence-corrected chi connectivity index (χ0v) is 13.8. The van der Waals surface area contributed by atoms with Gasteiger partial charge in [-0.05, 0) is 55.6 Å². The second-order valence-electron chi connectivity index (χ2n) is 5.95. The molecule has 0 amide bonds. The minimum Gasteiger partial charge on any atom is -0.494 e. The number of aromatic amines is 1. The molecule has 0 aliphatic rings. The Kier molecular flexibility index (Phi) is 4.68. The van der Waals surface area contributed by atoms with Crippen molar-refractivity contribution < 1.29 is 4.74 Å². The number of aryl methyl sites for hydroxylation is 1. The van der Waals surface area contributed by atoms with Crippen LogP contribution in [0.1, 0.15) is 29.5 Å². The molecule has 0 spiro atoms. The van der Waals surface area contributed by atoms with Crippen LogP contribution in [0.15, 0.2) is 48.7 Å².